The van der Waals surface area contributed by atoms with E-state index >= 15 is 0 Å². The molecule has 0 saturated carbocycles. The Hall–Kier alpha value is -1.65. The molecule has 3 nitrogen and oxygen atoms in total. The summed E-state index contributed by atoms with van der Waals surface area (Å²) in [5, 5.41) is 0. The summed E-state index contributed by atoms with van der Waals surface area (Å²) in [5.74, 6) is 0.195. The first-order valence-corrected chi connectivity index (χ1v) is 8.66. The molecule has 0 radical (unpaired) electrons. The van der Waals surface area contributed by atoms with Crippen LogP contribution in [0.3, 0.4) is 0 Å². The Morgan fingerprint density at radius 3 is 2.41 bits per heavy atom. The number of piperazine rings is 1. The summed E-state index contributed by atoms with van der Waals surface area (Å²) in [6.45, 7) is 6.74. The fourth-order valence-corrected chi connectivity index (χ4v) is 3.65. The molecule has 22 heavy (non-hydrogen) atoms. The standard InChI is InChI=1S/C18H22N2OS/c1-15-7-8-17(22-15)18(21)20-13-11-19(12-14-20)10-9-16-5-3-2-4-6-16/h2-8H,9-14H2,1H3. The Labute approximate surface area is 136 Å². The quantitative estimate of drug-likeness (QED) is 0.866. The van der Waals surface area contributed by atoms with Crippen molar-refractivity contribution in [1.29, 1.82) is 0 Å². The van der Waals surface area contributed by atoms with Crippen LogP contribution in [0.1, 0.15) is 20.1 Å². The third-order valence-corrected chi connectivity index (χ3v) is 5.16. The minimum atomic E-state index is 0.195. The van der Waals surface area contributed by atoms with E-state index in [0.29, 0.717) is 0 Å². The highest BCUT2D eigenvalue weighted by Gasteiger charge is 2.22. The highest BCUT2D eigenvalue weighted by molar-refractivity contribution is 7.13. The summed E-state index contributed by atoms with van der Waals surface area (Å²) in [5.41, 5.74) is 1.38. The first-order chi connectivity index (χ1) is 10.7. The number of amides is 1. The van der Waals surface area contributed by atoms with E-state index in [1.807, 2.05) is 24.0 Å². The number of thiophene rings is 1. The summed E-state index contributed by atoms with van der Waals surface area (Å²) in [7, 11) is 0. The predicted octanol–water partition coefficient (Wildman–Crippen LogP) is 3.06. The lowest BCUT2D eigenvalue weighted by Crippen LogP contribution is -2.48. The average molecular weight is 314 g/mol. The Bertz CT molecular complexity index is 615. The van der Waals surface area contributed by atoms with Gasteiger partial charge in [0.05, 0.1) is 4.88 Å². The topological polar surface area (TPSA) is 23.6 Å². The van der Waals surface area contributed by atoms with Gasteiger partial charge in [-0.15, -0.1) is 11.3 Å². The Morgan fingerprint density at radius 1 is 1.05 bits per heavy atom. The Balaban J connectivity index is 1.47. The summed E-state index contributed by atoms with van der Waals surface area (Å²) in [6, 6.07) is 14.6. The number of nitrogens with zero attached hydrogens (tertiary/aromatic N) is 2. The molecule has 1 saturated heterocycles. The molecule has 116 valence electrons. The fourth-order valence-electron chi connectivity index (χ4n) is 2.81. The lowest BCUT2D eigenvalue weighted by atomic mass is 10.1. The van der Waals surface area contributed by atoms with E-state index in [4.69, 9.17) is 0 Å². The zero-order chi connectivity index (χ0) is 15.4. The van der Waals surface area contributed by atoms with Crippen LogP contribution in [0.2, 0.25) is 0 Å². The molecule has 1 fully saturated rings. The van der Waals surface area contributed by atoms with Crippen molar-refractivity contribution in [2.75, 3.05) is 32.7 Å². The van der Waals surface area contributed by atoms with Crippen LogP contribution in [0.4, 0.5) is 0 Å². The van der Waals surface area contributed by atoms with Crippen molar-refractivity contribution in [3.8, 4) is 0 Å². The van der Waals surface area contributed by atoms with Crippen LogP contribution in [-0.2, 0) is 6.42 Å². The first kappa shape index (κ1) is 15.3. The van der Waals surface area contributed by atoms with Crippen molar-refractivity contribution in [3.05, 3.63) is 57.8 Å². The largest absolute Gasteiger partial charge is 0.335 e. The smallest absolute Gasteiger partial charge is 0.264 e. The number of rotatable bonds is 4. The molecule has 0 N–H and O–H groups in total. The van der Waals surface area contributed by atoms with Gasteiger partial charge in [0.25, 0.3) is 5.91 Å². The van der Waals surface area contributed by atoms with Gasteiger partial charge in [0.1, 0.15) is 0 Å². The van der Waals surface area contributed by atoms with Gasteiger partial charge < -0.3 is 4.90 Å². The first-order valence-electron chi connectivity index (χ1n) is 7.84. The molecule has 1 aromatic heterocycles. The molecule has 1 aliphatic heterocycles. The van der Waals surface area contributed by atoms with Crippen molar-refractivity contribution >= 4 is 17.2 Å². The molecule has 0 bridgehead atoms. The molecular formula is C18H22N2OS. The summed E-state index contributed by atoms with van der Waals surface area (Å²) < 4.78 is 0. The summed E-state index contributed by atoms with van der Waals surface area (Å²) in [6.07, 6.45) is 1.08. The van der Waals surface area contributed by atoms with Gasteiger partial charge in [-0.1, -0.05) is 30.3 Å². The number of hydrogen-bond donors (Lipinski definition) is 0. The van der Waals surface area contributed by atoms with Crippen molar-refractivity contribution in [2.45, 2.75) is 13.3 Å². The van der Waals surface area contributed by atoms with Crippen molar-refractivity contribution in [1.82, 2.24) is 9.80 Å². The lowest BCUT2D eigenvalue weighted by molar-refractivity contribution is 0.0643. The van der Waals surface area contributed by atoms with E-state index in [2.05, 4.69) is 35.2 Å². The molecule has 0 aliphatic carbocycles. The van der Waals surface area contributed by atoms with Crippen LogP contribution < -0.4 is 0 Å². The molecule has 1 amide bonds. The predicted molar refractivity (Wildman–Crippen MR) is 91.5 cm³/mol. The molecular weight excluding hydrogens is 292 g/mol. The molecule has 4 heteroatoms. The lowest BCUT2D eigenvalue weighted by Gasteiger charge is -2.34. The van der Waals surface area contributed by atoms with Crippen LogP contribution in [0.15, 0.2) is 42.5 Å². The fraction of sp³-hybridized carbons (Fsp3) is 0.389. The zero-order valence-corrected chi connectivity index (χ0v) is 13.8. The van der Waals surface area contributed by atoms with Gasteiger partial charge >= 0.3 is 0 Å². The van der Waals surface area contributed by atoms with E-state index in [0.717, 1.165) is 44.0 Å². The van der Waals surface area contributed by atoms with E-state index in [9.17, 15) is 4.79 Å². The van der Waals surface area contributed by atoms with E-state index in [1.54, 1.807) is 11.3 Å². The molecule has 2 heterocycles. The second-order valence-corrected chi connectivity index (χ2v) is 7.07. The number of carbonyl (C=O) groups is 1. The van der Waals surface area contributed by atoms with Crippen molar-refractivity contribution in [2.24, 2.45) is 0 Å². The van der Waals surface area contributed by atoms with Gasteiger partial charge in [0.2, 0.25) is 0 Å². The van der Waals surface area contributed by atoms with E-state index in [1.165, 1.54) is 10.4 Å². The van der Waals surface area contributed by atoms with Crippen LogP contribution >= 0.6 is 11.3 Å². The minimum absolute atomic E-state index is 0.195. The van der Waals surface area contributed by atoms with Gasteiger partial charge in [-0.05, 0) is 31.0 Å². The van der Waals surface area contributed by atoms with E-state index < -0.39 is 0 Å². The molecule has 0 unspecified atom stereocenters. The SMILES string of the molecule is Cc1ccc(C(=O)N2CCN(CCc3ccccc3)CC2)s1. The summed E-state index contributed by atoms with van der Waals surface area (Å²) in [4.78, 5) is 18.9. The maximum Gasteiger partial charge on any atom is 0.264 e. The average Bonchev–Trinajstić information content (AvgIpc) is 3.00. The van der Waals surface area contributed by atoms with Crippen LogP contribution in [0, 0.1) is 6.92 Å². The maximum absolute atomic E-state index is 12.4. The molecule has 0 spiro atoms. The third-order valence-electron chi connectivity index (χ3n) is 4.17. The molecule has 1 aromatic carbocycles. The molecule has 1 aliphatic rings. The van der Waals surface area contributed by atoms with E-state index in [-0.39, 0.29) is 5.91 Å². The third kappa shape index (κ3) is 3.76. The maximum atomic E-state index is 12.4. The Morgan fingerprint density at radius 2 is 1.77 bits per heavy atom. The highest BCUT2D eigenvalue weighted by Crippen LogP contribution is 2.18. The normalized spacial score (nSPS) is 16.0. The minimum Gasteiger partial charge on any atom is -0.335 e. The monoisotopic (exact) mass is 314 g/mol. The number of hydrogen-bond acceptors (Lipinski definition) is 3. The van der Waals surface area contributed by atoms with Crippen molar-refractivity contribution < 1.29 is 4.79 Å². The van der Waals surface area contributed by atoms with Gasteiger partial charge in [-0.25, -0.2) is 0 Å². The van der Waals surface area contributed by atoms with Crippen LogP contribution in [-0.4, -0.2) is 48.4 Å². The van der Waals surface area contributed by atoms with Gasteiger partial charge in [-0.2, -0.15) is 0 Å². The molecule has 2 aromatic rings. The van der Waals surface area contributed by atoms with Gasteiger partial charge in [0.15, 0.2) is 0 Å². The number of aryl methyl sites for hydroxylation is 1. The van der Waals surface area contributed by atoms with Gasteiger partial charge in [0, 0.05) is 37.6 Å². The molecule has 3 rings (SSSR count). The molecule has 0 atom stereocenters. The summed E-state index contributed by atoms with van der Waals surface area (Å²) >= 11 is 1.59. The number of carbonyl (C=O) groups excluding carboxylic acids is 1. The number of benzene rings is 1. The van der Waals surface area contributed by atoms with Crippen molar-refractivity contribution in [3.63, 3.8) is 0 Å². The second-order valence-electron chi connectivity index (χ2n) is 5.78. The highest BCUT2D eigenvalue weighted by atomic mass is 32.1. The second kappa shape index (κ2) is 7.07. The zero-order valence-electron chi connectivity index (χ0n) is 13.0. The van der Waals surface area contributed by atoms with Gasteiger partial charge in [-0.3, -0.25) is 9.69 Å². The van der Waals surface area contributed by atoms with Crippen LogP contribution in [0.25, 0.3) is 0 Å². The Kier molecular flexibility index (Phi) is 4.90. The van der Waals surface area contributed by atoms with Crippen LogP contribution in [0.5, 0.6) is 0 Å².